The van der Waals surface area contributed by atoms with Crippen LogP contribution < -0.4 is 20.3 Å². The minimum atomic E-state index is -2.92. The molecule has 2 aliphatic rings. The molecule has 0 bridgehead atoms. The monoisotopic (exact) mass is 842 g/mol. The van der Waals surface area contributed by atoms with Gasteiger partial charge in [-0.15, -0.1) is 0 Å². The Balaban J connectivity index is 0.00000336. The Morgan fingerprint density at radius 1 is 1.05 bits per heavy atom. The lowest BCUT2D eigenvalue weighted by Gasteiger charge is -2.36. The Bertz CT molecular complexity index is 2180. The van der Waals surface area contributed by atoms with Crippen molar-refractivity contribution in [2.75, 3.05) is 57.0 Å². The highest BCUT2D eigenvalue weighted by Crippen LogP contribution is 2.35. The molecule has 60 heavy (non-hydrogen) atoms. The van der Waals surface area contributed by atoms with E-state index in [0.29, 0.717) is 36.3 Å². The van der Waals surface area contributed by atoms with E-state index >= 15 is 0 Å². The van der Waals surface area contributed by atoms with Crippen molar-refractivity contribution in [1.29, 1.82) is 5.26 Å². The first kappa shape index (κ1) is 45.7. The predicted molar refractivity (Wildman–Crippen MR) is 234 cm³/mol. The SMILES string of the molecule is C=O.C=S(c1ccc(C#N)c(C#CC(CC(C)C)N2CCC(c3ccc4c(N(C)CCC(=O)NC)nn(C)c4c3)CC2)c1)N1CCC(Nc2ncc(OC(F)F)cn2)CC1. The van der Waals surface area contributed by atoms with Gasteiger partial charge < -0.3 is 25.1 Å². The van der Waals surface area contributed by atoms with E-state index in [4.69, 9.17) is 9.89 Å². The molecule has 2 aromatic heterocycles. The Kier molecular flexibility index (Phi) is 16.5. The molecule has 16 heteroatoms. The maximum atomic E-state index is 12.5. The minimum absolute atomic E-state index is 0.0120. The molecular weight excluding hydrogens is 787 g/mol. The highest BCUT2D eigenvalue weighted by atomic mass is 32.2. The molecule has 2 unspecified atom stereocenters. The van der Waals surface area contributed by atoms with Crippen LogP contribution in [-0.2, 0) is 16.6 Å². The van der Waals surface area contributed by atoms with E-state index < -0.39 is 17.3 Å². The van der Waals surface area contributed by atoms with Crippen LogP contribution in [0.4, 0.5) is 20.5 Å². The Morgan fingerprint density at radius 2 is 1.75 bits per heavy atom. The van der Waals surface area contributed by atoms with Crippen molar-refractivity contribution in [3.8, 4) is 23.7 Å². The average Bonchev–Trinajstić information content (AvgIpc) is 3.60. The number of amides is 1. The number of hydrogen-bond acceptors (Lipinski definition) is 11. The van der Waals surface area contributed by atoms with Gasteiger partial charge >= 0.3 is 6.61 Å². The van der Waals surface area contributed by atoms with Gasteiger partial charge in [-0.3, -0.25) is 18.7 Å². The first-order chi connectivity index (χ1) is 28.9. The standard InChI is InChI=1S/C43H54F2N10O2S.CH2O/c1-29(2)23-35(54-19-13-30(14-20-54)32-9-12-38-39(25-32)53(5)51-41(38)52(4)18-17-40(56)47-3)10-7-31-24-37(11-8-33(31)26-46)58(6)55-21-15-34(16-22-55)50-43-48-27-36(28-49-43)57-42(44)45;1-2/h8-9,11-12,24-25,27-30,34-35,42H,6,13-23H2,1-5H3,(H,47,56)(H,48,49,50);1H2. The number of nitrogens with zero attached hydrogens (tertiary/aromatic N) is 8. The normalized spacial score (nSPS) is 16.3. The zero-order valence-electron chi connectivity index (χ0n) is 35.2. The van der Waals surface area contributed by atoms with Crippen LogP contribution in [0, 0.1) is 29.1 Å². The summed E-state index contributed by atoms with van der Waals surface area (Å²) in [6.07, 6.45) is 7.58. The number of benzene rings is 2. The second-order valence-electron chi connectivity index (χ2n) is 15.4. The maximum absolute atomic E-state index is 12.5. The number of likely N-dealkylation sites (tertiary alicyclic amines) is 1. The second-order valence-corrected chi connectivity index (χ2v) is 17.2. The summed E-state index contributed by atoms with van der Waals surface area (Å²) in [6, 6.07) is 15.2. The molecule has 2 aliphatic heterocycles. The van der Waals surface area contributed by atoms with Crippen LogP contribution in [0.3, 0.4) is 0 Å². The number of aryl methyl sites for hydroxylation is 1. The number of carbonyl (C=O) groups is 2. The third kappa shape index (κ3) is 11.9. The third-order valence-electron chi connectivity index (χ3n) is 11.0. The zero-order chi connectivity index (χ0) is 43.3. The molecule has 0 radical (unpaired) electrons. The van der Waals surface area contributed by atoms with E-state index in [9.17, 15) is 18.8 Å². The highest BCUT2D eigenvalue weighted by molar-refractivity contribution is 8.12. The van der Waals surface area contributed by atoms with Gasteiger partial charge in [-0.2, -0.15) is 19.1 Å². The van der Waals surface area contributed by atoms with Crippen LogP contribution >= 0.6 is 10.7 Å². The summed E-state index contributed by atoms with van der Waals surface area (Å²) < 4.78 is 33.6. The molecule has 320 valence electrons. The number of alkyl halides is 2. The molecule has 2 N–H and O–H groups in total. The molecule has 4 heterocycles. The summed E-state index contributed by atoms with van der Waals surface area (Å²) in [5, 5.41) is 21.9. The number of piperidine rings is 2. The maximum Gasteiger partial charge on any atom is 0.387 e. The van der Waals surface area contributed by atoms with Gasteiger partial charge in [0.2, 0.25) is 11.9 Å². The summed E-state index contributed by atoms with van der Waals surface area (Å²) in [6.45, 7) is 7.63. The molecule has 2 atom stereocenters. The lowest BCUT2D eigenvalue weighted by Crippen LogP contribution is -2.41. The number of rotatable bonds is 14. The van der Waals surface area contributed by atoms with E-state index in [-0.39, 0.29) is 23.7 Å². The quantitative estimate of drug-likeness (QED) is 0.107. The first-order valence-corrected chi connectivity index (χ1v) is 21.6. The van der Waals surface area contributed by atoms with Crippen molar-refractivity contribution in [2.45, 2.75) is 81.9 Å². The van der Waals surface area contributed by atoms with Crippen molar-refractivity contribution in [2.24, 2.45) is 13.0 Å². The Morgan fingerprint density at radius 3 is 2.38 bits per heavy atom. The molecule has 0 saturated carbocycles. The molecule has 0 aliphatic carbocycles. The fourth-order valence-corrected chi connectivity index (χ4v) is 9.15. The van der Waals surface area contributed by atoms with Gasteiger partial charge in [-0.05, 0) is 92.9 Å². The lowest BCUT2D eigenvalue weighted by atomic mass is 9.87. The molecule has 13 nitrogen and oxygen atoms in total. The van der Waals surface area contributed by atoms with Crippen molar-refractivity contribution < 1.29 is 23.1 Å². The molecule has 4 aromatic rings. The number of carbonyl (C=O) groups excluding carboxylic acids is 2. The van der Waals surface area contributed by atoms with Crippen LogP contribution in [0.15, 0.2) is 53.7 Å². The molecule has 2 saturated heterocycles. The lowest BCUT2D eigenvalue weighted by molar-refractivity contribution is -0.120. The number of fused-ring (bicyclic) bond motifs is 1. The highest BCUT2D eigenvalue weighted by Gasteiger charge is 2.27. The third-order valence-corrected chi connectivity index (χ3v) is 12.8. The minimum Gasteiger partial charge on any atom is -0.432 e. The average molecular weight is 843 g/mol. The molecule has 2 aromatic carbocycles. The van der Waals surface area contributed by atoms with Gasteiger partial charge in [-0.25, -0.2) is 9.97 Å². The predicted octanol–water partition coefficient (Wildman–Crippen LogP) is 6.42. The fourth-order valence-electron chi connectivity index (χ4n) is 7.72. The molecule has 6 rings (SSSR count). The van der Waals surface area contributed by atoms with E-state index in [0.717, 1.165) is 85.5 Å². The van der Waals surface area contributed by atoms with Gasteiger partial charge in [0, 0.05) is 69.1 Å². The van der Waals surface area contributed by atoms with Gasteiger partial charge in [0.25, 0.3) is 0 Å². The van der Waals surface area contributed by atoms with E-state index in [2.05, 4.69) is 90.4 Å². The zero-order valence-corrected chi connectivity index (χ0v) is 36.0. The summed E-state index contributed by atoms with van der Waals surface area (Å²) in [4.78, 5) is 33.7. The summed E-state index contributed by atoms with van der Waals surface area (Å²) in [7, 11) is 5.17. The van der Waals surface area contributed by atoms with Crippen molar-refractivity contribution in [3.63, 3.8) is 0 Å². The molecule has 0 spiro atoms. The van der Waals surface area contributed by atoms with Crippen molar-refractivity contribution >= 4 is 51.9 Å². The number of nitrogens with one attached hydrogen (secondary N) is 2. The second kappa shape index (κ2) is 21.7. The van der Waals surface area contributed by atoms with Crippen LogP contribution in [-0.4, -0.2) is 113 Å². The molecule has 1 amide bonds. The van der Waals surface area contributed by atoms with E-state index in [1.807, 2.05) is 48.7 Å². The van der Waals surface area contributed by atoms with Gasteiger partial charge in [0.05, 0.1) is 29.5 Å². The number of nitriles is 1. The smallest absolute Gasteiger partial charge is 0.387 e. The number of hydrogen-bond donors (Lipinski definition) is 2. The van der Waals surface area contributed by atoms with Crippen molar-refractivity contribution in [1.82, 2.24) is 34.3 Å². The van der Waals surface area contributed by atoms with Crippen LogP contribution in [0.25, 0.3) is 10.9 Å². The molecule has 2 fully saturated rings. The number of halogens is 2. The van der Waals surface area contributed by atoms with Gasteiger partial charge in [0.1, 0.15) is 12.9 Å². The van der Waals surface area contributed by atoms with Crippen LogP contribution in [0.5, 0.6) is 5.75 Å². The summed E-state index contributed by atoms with van der Waals surface area (Å²) in [5.41, 5.74) is 3.72. The summed E-state index contributed by atoms with van der Waals surface area (Å²) >= 11 is 0. The topological polar surface area (TPSA) is 145 Å². The van der Waals surface area contributed by atoms with E-state index in [1.165, 1.54) is 18.0 Å². The number of ether oxygens (including phenoxy) is 1. The van der Waals surface area contributed by atoms with Crippen molar-refractivity contribution in [3.05, 3.63) is 65.5 Å². The van der Waals surface area contributed by atoms with Crippen LogP contribution in [0.1, 0.15) is 75.0 Å². The van der Waals surface area contributed by atoms with E-state index in [1.54, 1.807) is 7.05 Å². The fraction of sp³-hybridized carbons (Fsp3) is 0.477. The Hall–Kier alpha value is -5.42. The number of anilines is 2. The Labute approximate surface area is 354 Å². The van der Waals surface area contributed by atoms with Gasteiger partial charge in [0.15, 0.2) is 11.6 Å². The number of aromatic nitrogens is 4. The van der Waals surface area contributed by atoms with Gasteiger partial charge in [-0.1, -0.05) is 48.3 Å². The molecular formula is C44H56F2N10O3S. The largest absolute Gasteiger partial charge is 0.432 e. The summed E-state index contributed by atoms with van der Waals surface area (Å²) in [5.74, 6) is 13.7. The first-order valence-electron chi connectivity index (χ1n) is 20.2. The van der Waals surface area contributed by atoms with Crippen LogP contribution in [0.2, 0.25) is 0 Å².